The van der Waals surface area contributed by atoms with Gasteiger partial charge in [0.15, 0.2) is 5.16 Å². The number of rotatable bonds is 4. The van der Waals surface area contributed by atoms with E-state index in [1.54, 1.807) is 17.0 Å². The molecule has 0 aliphatic heterocycles. The number of hydrogen-bond acceptors (Lipinski definition) is 7. The highest BCUT2D eigenvalue weighted by molar-refractivity contribution is 7.98. The Morgan fingerprint density at radius 2 is 2.41 bits per heavy atom. The lowest BCUT2D eigenvalue weighted by Crippen LogP contribution is -1.98. The maximum atomic E-state index is 10.6. The van der Waals surface area contributed by atoms with Gasteiger partial charge in [0.25, 0.3) is 0 Å². The Balaban J connectivity index is 2.02. The molecular weight excluding hydrogens is 262 g/mol. The van der Waals surface area contributed by atoms with Gasteiger partial charge in [0.1, 0.15) is 0 Å². The van der Waals surface area contributed by atoms with Crippen molar-refractivity contribution in [3.63, 3.8) is 0 Å². The summed E-state index contributed by atoms with van der Waals surface area (Å²) in [5.74, 6) is -0.124. The molecular formula is C8H9N5O2S2. The van der Waals surface area contributed by atoms with Crippen molar-refractivity contribution < 1.29 is 9.90 Å². The SMILES string of the molecule is Cn1c(N)nnc1SCc1csc(C(=O)O)n1. The number of carboxylic acid groups (broad SMARTS) is 1. The Hall–Kier alpha value is -1.61. The third kappa shape index (κ3) is 2.56. The molecule has 2 rings (SSSR count). The Morgan fingerprint density at radius 3 is 2.94 bits per heavy atom. The molecule has 0 aliphatic rings. The summed E-state index contributed by atoms with van der Waals surface area (Å²) >= 11 is 2.52. The monoisotopic (exact) mass is 271 g/mol. The molecule has 0 saturated heterocycles. The zero-order chi connectivity index (χ0) is 12.4. The molecule has 0 aliphatic carbocycles. The van der Waals surface area contributed by atoms with E-state index in [1.165, 1.54) is 11.8 Å². The topological polar surface area (TPSA) is 107 Å². The third-order valence-electron chi connectivity index (χ3n) is 1.95. The second-order valence-electron chi connectivity index (χ2n) is 3.14. The van der Waals surface area contributed by atoms with Crippen LogP contribution < -0.4 is 5.73 Å². The number of nitrogens with two attached hydrogens (primary N) is 1. The van der Waals surface area contributed by atoms with Gasteiger partial charge in [0, 0.05) is 18.2 Å². The number of aromatic carboxylic acids is 1. The van der Waals surface area contributed by atoms with Crippen molar-refractivity contribution in [1.82, 2.24) is 19.7 Å². The van der Waals surface area contributed by atoms with E-state index in [9.17, 15) is 4.79 Å². The molecule has 0 amide bonds. The summed E-state index contributed by atoms with van der Waals surface area (Å²) in [4.78, 5) is 14.6. The van der Waals surface area contributed by atoms with E-state index in [2.05, 4.69) is 15.2 Å². The van der Waals surface area contributed by atoms with Gasteiger partial charge in [-0.3, -0.25) is 4.57 Å². The summed E-state index contributed by atoms with van der Waals surface area (Å²) in [6.45, 7) is 0. The Bertz CT molecular complexity index is 550. The maximum Gasteiger partial charge on any atom is 0.365 e. The number of carboxylic acids is 1. The number of anilines is 1. The van der Waals surface area contributed by atoms with Gasteiger partial charge in [-0.2, -0.15) is 0 Å². The molecule has 2 heterocycles. The summed E-state index contributed by atoms with van der Waals surface area (Å²) in [5.41, 5.74) is 6.25. The van der Waals surface area contributed by atoms with Gasteiger partial charge < -0.3 is 10.8 Å². The molecule has 0 unspecified atom stereocenters. The molecule has 90 valence electrons. The highest BCUT2D eigenvalue weighted by atomic mass is 32.2. The quantitative estimate of drug-likeness (QED) is 0.793. The van der Waals surface area contributed by atoms with Crippen LogP contribution in [-0.2, 0) is 12.8 Å². The first-order valence-corrected chi connectivity index (χ1v) is 6.40. The van der Waals surface area contributed by atoms with Crippen LogP contribution in [0.5, 0.6) is 0 Å². The number of aromatic nitrogens is 4. The van der Waals surface area contributed by atoms with Crippen LogP contribution in [0.3, 0.4) is 0 Å². The first-order valence-electron chi connectivity index (χ1n) is 4.53. The van der Waals surface area contributed by atoms with E-state index in [0.717, 1.165) is 11.3 Å². The van der Waals surface area contributed by atoms with E-state index >= 15 is 0 Å². The normalized spacial score (nSPS) is 10.6. The van der Waals surface area contributed by atoms with E-state index in [-0.39, 0.29) is 5.01 Å². The van der Waals surface area contributed by atoms with Crippen molar-refractivity contribution >= 4 is 35.0 Å². The lowest BCUT2D eigenvalue weighted by molar-refractivity contribution is 0.0696. The van der Waals surface area contributed by atoms with Gasteiger partial charge in [0.2, 0.25) is 11.0 Å². The van der Waals surface area contributed by atoms with Crippen molar-refractivity contribution in [2.45, 2.75) is 10.9 Å². The van der Waals surface area contributed by atoms with Gasteiger partial charge in [-0.1, -0.05) is 11.8 Å². The van der Waals surface area contributed by atoms with Crippen LogP contribution in [0.25, 0.3) is 0 Å². The third-order valence-corrected chi connectivity index (χ3v) is 3.89. The number of thioether (sulfide) groups is 1. The van der Waals surface area contributed by atoms with Crippen LogP contribution in [0.2, 0.25) is 0 Å². The number of nitrogens with zero attached hydrogens (tertiary/aromatic N) is 4. The summed E-state index contributed by atoms with van der Waals surface area (Å²) in [6.07, 6.45) is 0. The molecule has 0 fully saturated rings. The molecule has 0 spiro atoms. The van der Waals surface area contributed by atoms with E-state index in [4.69, 9.17) is 10.8 Å². The fourth-order valence-electron chi connectivity index (χ4n) is 1.06. The van der Waals surface area contributed by atoms with Crippen molar-refractivity contribution in [2.24, 2.45) is 7.05 Å². The molecule has 9 heteroatoms. The van der Waals surface area contributed by atoms with Gasteiger partial charge in [-0.05, 0) is 0 Å². The van der Waals surface area contributed by atoms with Crippen LogP contribution in [0.4, 0.5) is 5.95 Å². The molecule has 0 atom stereocenters. The number of carbonyl (C=O) groups is 1. The Morgan fingerprint density at radius 1 is 1.65 bits per heavy atom. The minimum Gasteiger partial charge on any atom is -0.476 e. The summed E-state index contributed by atoms with van der Waals surface area (Å²) < 4.78 is 1.66. The first kappa shape index (κ1) is 11.9. The lowest BCUT2D eigenvalue weighted by Gasteiger charge is -1.98. The average Bonchev–Trinajstić information content (AvgIpc) is 2.86. The van der Waals surface area contributed by atoms with Gasteiger partial charge >= 0.3 is 5.97 Å². The minimum atomic E-state index is -1.01. The predicted octanol–water partition coefficient (Wildman–Crippen LogP) is 0.844. The molecule has 3 N–H and O–H groups in total. The molecule has 7 nitrogen and oxygen atoms in total. The first-order chi connectivity index (χ1) is 8.08. The maximum absolute atomic E-state index is 10.6. The molecule has 0 saturated carbocycles. The van der Waals surface area contributed by atoms with Crippen LogP contribution >= 0.6 is 23.1 Å². The van der Waals surface area contributed by atoms with E-state index in [0.29, 0.717) is 22.6 Å². The smallest absolute Gasteiger partial charge is 0.365 e. The van der Waals surface area contributed by atoms with Gasteiger partial charge in [-0.25, -0.2) is 9.78 Å². The zero-order valence-corrected chi connectivity index (χ0v) is 10.5. The highest BCUT2D eigenvalue weighted by Gasteiger charge is 2.11. The van der Waals surface area contributed by atoms with Crippen LogP contribution in [-0.4, -0.2) is 30.8 Å². The number of nitrogen functional groups attached to an aromatic ring is 1. The van der Waals surface area contributed by atoms with Gasteiger partial charge in [-0.15, -0.1) is 21.5 Å². The van der Waals surface area contributed by atoms with Gasteiger partial charge in [0.05, 0.1) is 5.69 Å². The fraction of sp³-hybridized carbons (Fsp3) is 0.250. The molecule has 0 bridgehead atoms. The molecule has 17 heavy (non-hydrogen) atoms. The molecule has 0 aromatic carbocycles. The summed E-state index contributed by atoms with van der Waals surface area (Å²) in [5, 5.41) is 18.8. The fourth-order valence-corrected chi connectivity index (χ4v) is 2.63. The largest absolute Gasteiger partial charge is 0.476 e. The van der Waals surface area contributed by atoms with Crippen molar-refractivity contribution in [1.29, 1.82) is 0 Å². The molecule has 0 radical (unpaired) electrons. The van der Waals surface area contributed by atoms with E-state index < -0.39 is 5.97 Å². The summed E-state index contributed by atoms with van der Waals surface area (Å²) in [7, 11) is 1.77. The van der Waals surface area contributed by atoms with Crippen molar-refractivity contribution in [2.75, 3.05) is 5.73 Å². The molecule has 2 aromatic rings. The van der Waals surface area contributed by atoms with Crippen LogP contribution in [0, 0.1) is 0 Å². The number of thiazole rings is 1. The van der Waals surface area contributed by atoms with E-state index in [1.807, 2.05) is 0 Å². The Labute approximate surface area is 105 Å². The Kier molecular flexibility index (Phi) is 3.29. The van der Waals surface area contributed by atoms with Crippen LogP contribution in [0.1, 0.15) is 15.5 Å². The average molecular weight is 271 g/mol. The second-order valence-corrected chi connectivity index (χ2v) is 4.94. The highest BCUT2D eigenvalue weighted by Crippen LogP contribution is 2.22. The zero-order valence-electron chi connectivity index (χ0n) is 8.82. The van der Waals surface area contributed by atoms with Crippen molar-refractivity contribution in [3.05, 3.63) is 16.1 Å². The second kappa shape index (κ2) is 4.72. The van der Waals surface area contributed by atoms with Crippen LogP contribution in [0.15, 0.2) is 10.5 Å². The lowest BCUT2D eigenvalue weighted by atomic mass is 10.6. The predicted molar refractivity (Wildman–Crippen MR) is 64.0 cm³/mol. The molecule has 2 aromatic heterocycles. The summed E-state index contributed by atoms with van der Waals surface area (Å²) in [6, 6.07) is 0. The minimum absolute atomic E-state index is 0.0954. The standard InChI is InChI=1S/C8H9N5O2S2/c1-13-7(9)11-12-8(13)17-3-4-2-16-5(10-4)6(14)15/h2H,3H2,1H3,(H2,9,11)(H,14,15). The number of hydrogen-bond donors (Lipinski definition) is 2. The van der Waals surface area contributed by atoms with Crippen molar-refractivity contribution in [3.8, 4) is 0 Å².